The van der Waals surface area contributed by atoms with Crippen LogP contribution in [0.4, 0.5) is 9.18 Å². The first-order valence-electron chi connectivity index (χ1n) is 8.80. The molecule has 0 saturated heterocycles. The topological polar surface area (TPSA) is 32.3 Å². The molecule has 1 unspecified atom stereocenters. The van der Waals surface area contributed by atoms with Gasteiger partial charge in [-0.3, -0.25) is 0 Å². The zero-order chi connectivity index (χ0) is 17.1. The fourth-order valence-corrected chi connectivity index (χ4v) is 3.53. The Kier molecular flexibility index (Phi) is 5.03. The number of fused-ring (bicyclic) bond motifs is 1. The highest BCUT2D eigenvalue weighted by atomic mass is 19.1. The predicted molar refractivity (Wildman–Crippen MR) is 93.7 cm³/mol. The molecule has 0 saturated carbocycles. The van der Waals surface area contributed by atoms with Crippen molar-refractivity contribution in [1.29, 1.82) is 0 Å². The molecule has 1 aromatic carbocycles. The summed E-state index contributed by atoms with van der Waals surface area (Å²) in [4.78, 5) is 14.1. The van der Waals surface area contributed by atoms with Gasteiger partial charge >= 0.3 is 6.03 Å². The molecule has 1 N–H and O–H groups in total. The zero-order valence-electron chi connectivity index (χ0n) is 14.4. The normalized spacial score (nSPS) is 17.9. The number of amides is 2. The third kappa shape index (κ3) is 3.53. The number of rotatable bonds is 4. The van der Waals surface area contributed by atoms with Crippen LogP contribution in [0.5, 0.6) is 0 Å². The van der Waals surface area contributed by atoms with E-state index in [9.17, 15) is 9.18 Å². The van der Waals surface area contributed by atoms with E-state index < -0.39 is 0 Å². The molecule has 4 heteroatoms. The van der Waals surface area contributed by atoms with Crippen molar-refractivity contribution in [3.05, 3.63) is 58.6 Å². The summed E-state index contributed by atoms with van der Waals surface area (Å²) < 4.78 is 13.8. The molecule has 1 aromatic rings. The van der Waals surface area contributed by atoms with Crippen LogP contribution in [0, 0.1) is 11.7 Å². The van der Waals surface area contributed by atoms with E-state index in [1.807, 2.05) is 12.1 Å². The Hall–Kier alpha value is -2.10. The summed E-state index contributed by atoms with van der Waals surface area (Å²) in [6, 6.07) is 4.89. The first-order valence-corrected chi connectivity index (χ1v) is 8.80. The molecule has 1 aliphatic carbocycles. The lowest BCUT2D eigenvalue weighted by atomic mass is 9.89. The highest BCUT2D eigenvalue weighted by Crippen LogP contribution is 2.28. The van der Waals surface area contributed by atoms with Gasteiger partial charge in [-0.05, 0) is 42.9 Å². The van der Waals surface area contributed by atoms with Gasteiger partial charge in [0, 0.05) is 17.8 Å². The van der Waals surface area contributed by atoms with Crippen LogP contribution in [0.1, 0.15) is 50.7 Å². The smallest absolute Gasteiger partial charge is 0.316 e. The number of hydrogen-bond donors (Lipinski definition) is 1. The fourth-order valence-electron chi connectivity index (χ4n) is 3.53. The van der Waals surface area contributed by atoms with Crippen LogP contribution in [0.2, 0.25) is 0 Å². The maximum absolute atomic E-state index is 13.8. The Morgan fingerprint density at radius 3 is 2.79 bits per heavy atom. The molecule has 1 atom stereocenters. The maximum atomic E-state index is 13.8. The molecule has 2 amide bonds. The summed E-state index contributed by atoms with van der Waals surface area (Å²) in [7, 11) is 0. The van der Waals surface area contributed by atoms with E-state index in [2.05, 4.69) is 25.2 Å². The molecule has 3 rings (SSSR count). The quantitative estimate of drug-likeness (QED) is 0.838. The summed E-state index contributed by atoms with van der Waals surface area (Å²) in [5, 5.41) is 2.99. The van der Waals surface area contributed by atoms with Crippen molar-refractivity contribution in [2.45, 2.75) is 52.6 Å². The average molecular weight is 328 g/mol. The Morgan fingerprint density at radius 1 is 1.29 bits per heavy atom. The van der Waals surface area contributed by atoms with Crippen molar-refractivity contribution in [3.63, 3.8) is 0 Å². The molecule has 24 heavy (non-hydrogen) atoms. The van der Waals surface area contributed by atoms with Crippen molar-refractivity contribution >= 4 is 6.03 Å². The van der Waals surface area contributed by atoms with Crippen LogP contribution in [0.3, 0.4) is 0 Å². The number of carbonyl (C=O) groups is 1. The van der Waals surface area contributed by atoms with Gasteiger partial charge in [-0.2, -0.15) is 0 Å². The van der Waals surface area contributed by atoms with Crippen molar-refractivity contribution in [1.82, 2.24) is 10.2 Å². The molecule has 0 radical (unpaired) electrons. The van der Waals surface area contributed by atoms with Gasteiger partial charge in [-0.1, -0.05) is 44.1 Å². The molecular weight excluding hydrogens is 303 g/mol. The summed E-state index contributed by atoms with van der Waals surface area (Å²) in [6.07, 6.45) is 8.43. The number of urea groups is 1. The number of nitrogens with one attached hydrogen (secondary N) is 1. The molecule has 3 nitrogen and oxygen atoms in total. The number of nitrogens with zero attached hydrogens (tertiary/aromatic N) is 1. The summed E-state index contributed by atoms with van der Waals surface area (Å²) in [5.41, 5.74) is 3.95. The molecule has 2 aliphatic rings. The monoisotopic (exact) mass is 328 g/mol. The third-order valence-corrected chi connectivity index (χ3v) is 5.02. The largest absolute Gasteiger partial charge is 0.322 e. The third-order valence-electron chi connectivity index (χ3n) is 5.02. The molecule has 0 bridgehead atoms. The van der Waals surface area contributed by atoms with Gasteiger partial charge in [0.25, 0.3) is 0 Å². The standard InChI is InChI=1S/C20H25FN2O/c1-3-5-14(2)15-8-10-17(11-9-15)22-20(24)23-12-16-6-4-7-19(21)18(16)13-23/h4,6-8,10,14H,3,5,9,11-13H2,1-2H3,(H,22,24). The minimum Gasteiger partial charge on any atom is -0.316 e. The average Bonchev–Trinajstić information content (AvgIpc) is 3.01. The van der Waals surface area contributed by atoms with Gasteiger partial charge < -0.3 is 10.2 Å². The lowest BCUT2D eigenvalue weighted by molar-refractivity contribution is 0.200. The SMILES string of the molecule is CCCC(C)C1=CC=C(NC(=O)N2Cc3cccc(F)c3C2)CC1. The molecular formula is C20H25FN2O. The zero-order valence-corrected chi connectivity index (χ0v) is 14.4. The van der Waals surface area contributed by atoms with Crippen molar-refractivity contribution in [2.24, 2.45) is 5.92 Å². The van der Waals surface area contributed by atoms with E-state index in [0.29, 0.717) is 24.6 Å². The van der Waals surface area contributed by atoms with Crippen LogP contribution in [0.15, 0.2) is 41.6 Å². The van der Waals surface area contributed by atoms with E-state index >= 15 is 0 Å². The highest BCUT2D eigenvalue weighted by molar-refractivity contribution is 5.77. The molecule has 0 aromatic heterocycles. The maximum Gasteiger partial charge on any atom is 0.322 e. The van der Waals surface area contributed by atoms with Gasteiger partial charge in [0.2, 0.25) is 0 Å². The fraction of sp³-hybridized carbons (Fsp3) is 0.450. The first kappa shape index (κ1) is 16.7. The van der Waals surface area contributed by atoms with Gasteiger partial charge in [0.1, 0.15) is 5.82 Å². The Balaban J connectivity index is 1.60. The molecule has 1 aliphatic heterocycles. The van der Waals surface area contributed by atoms with Crippen LogP contribution in [-0.4, -0.2) is 10.9 Å². The minimum atomic E-state index is -0.225. The Labute approximate surface area is 143 Å². The number of hydrogen-bond acceptors (Lipinski definition) is 1. The number of carbonyl (C=O) groups excluding carboxylic acids is 1. The molecule has 0 fully saturated rings. The predicted octanol–water partition coefficient (Wildman–Crippen LogP) is 4.89. The van der Waals surface area contributed by atoms with Gasteiger partial charge in [-0.25, -0.2) is 9.18 Å². The summed E-state index contributed by atoms with van der Waals surface area (Å²) >= 11 is 0. The summed E-state index contributed by atoms with van der Waals surface area (Å²) in [6.45, 7) is 5.29. The van der Waals surface area contributed by atoms with Crippen LogP contribution in [0.25, 0.3) is 0 Å². The van der Waals surface area contributed by atoms with Crippen LogP contribution >= 0.6 is 0 Å². The van der Waals surface area contributed by atoms with Crippen molar-refractivity contribution < 1.29 is 9.18 Å². The van der Waals surface area contributed by atoms with E-state index in [0.717, 1.165) is 24.1 Å². The number of allylic oxidation sites excluding steroid dienone is 4. The van der Waals surface area contributed by atoms with Crippen LogP contribution in [-0.2, 0) is 13.1 Å². The second-order valence-electron chi connectivity index (χ2n) is 6.79. The Morgan fingerprint density at radius 2 is 2.12 bits per heavy atom. The van der Waals surface area contributed by atoms with E-state index in [4.69, 9.17) is 0 Å². The Bertz CT molecular complexity index is 693. The van der Waals surface area contributed by atoms with E-state index in [-0.39, 0.29) is 11.8 Å². The number of benzene rings is 1. The van der Waals surface area contributed by atoms with E-state index in [1.54, 1.807) is 11.0 Å². The number of halogens is 1. The molecule has 128 valence electrons. The lowest BCUT2D eigenvalue weighted by Gasteiger charge is -2.22. The minimum absolute atomic E-state index is 0.143. The van der Waals surface area contributed by atoms with E-state index in [1.165, 1.54) is 24.5 Å². The van der Waals surface area contributed by atoms with Gasteiger partial charge in [0.15, 0.2) is 0 Å². The lowest BCUT2D eigenvalue weighted by Crippen LogP contribution is -2.36. The van der Waals surface area contributed by atoms with Gasteiger partial charge in [-0.15, -0.1) is 0 Å². The van der Waals surface area contributed by atoms with Crippen LogP contribution < -0.4 is 5.32 Å². The molecule has 0 spiro atoms. The second kappa shape index (κ2) is 7.20. The first-order chi connectivity index (χ1) is 11.6. The molecule has 1 heterocycles. The van der Waals surface area contributed by atoms with Gasteiger partial charge in [0.05, 0.1) is 6.54 Å². The van der Waals surface area contributed by atoms with Crippen molar-refractivity contribution in [3.8, 4) is 0 Å². The van der Waals surface area contributed by atoms with Crippen molar-refractivity contribution in [2.75, 3.05) is 0 Å². The highest BCUT2D eigenvalue weighted by Gasteiger charge is 2.26. The summed E-state index contributed by atoms with van der Waals surface area (Å²) in [5.74, 6) is 0.386. The second-order valence-corrected chi connectivity index (χ2v) is 6.79.